The third-order valence-electron chi connectivity index (χ3n) is 2.41. The van der Waals surface area contributed by atoms with Gasteiger partial charge in [0.05, 0.1) is 9.99 Å². The highest BCUT2D eigenvalue weighted by molar-refractivity contribution is 9.10. The largest absolute Gasteiger partial charge is 0.410 e. The summed E-state index contributed by atoms with van der Waals surface area (Å²) in [6.45, 7) is 2.43. The number of rotatable bonds is 2. The van der Waals surface area contributed by atoms with Crippen molar-refractivity contribution in [3.8, 4) is 6.07 Å². The van der Waals surface area contributed by atoms with Crippen LogP contribution in [0, 0.1) is 11.3 Å². The number of imidazole rings is 1. The molecular weight excluding hydrogens is 322 g/mol. The molecule has 2 heterocycles. The molecule has 0 spiro atoms. The fourth-order valence-corrected chi connectivity index (χ4v) is 2.36. The van der Waals surface area contributed by atoms with Crippen LogP contribution in [-0.2, 0) is 6.54 Å². The number of hydrogen-bond acceptors (Lipinski definition) is 5. The van der Waals surface area contributed by atoms with E-state index < -0.39 is 0 Å². The SMILES string of the molecule is CCn1c(/C(C#N)=N/O)nc2c(Cl)ncc(Br)c21. The van der Waals surface area contributed by atoms with E-state index in [1.54, 1.807) is 16.8 Å². The molecule has 2 rings (SSSR count). The Bertz CT molecular complexity index is 688. The van der Waals surface area contributed by atoms with Crippen LogP contribution in [-0.4, -0.2) is 25.5 Å². The van der Waals surface area contributed by atoms with Crippen molar-refractivity contribution in [2.24, 2.45) is 5.16 Å². The lowest BCUT2D eigenvalue weighted by Crippen LogP contribution is -2.09. The molecular formula is C10H7BrClN5O. The van der Waals surface area contributed by atoms with Gasteiger partial charge in [0.2, 0.25) is 5.71 Å². The number of aryl methyl sites for hydroxylation is 1. The summed E-state index contributed by atoms with van der Waals surface area (Å²) in [5, 5.41) is 20.9. The molecule has 6 nitrogen and oxygen atoms in total. The standard InChI is InChI=1S/C10H7BrClN5O/c1-2-17-8-5(11)4-14-9(12)7(8)15-10(17)6(3-13)16-18/h4,18H,2H2,1H3/b16-6+. The van der Waals surface area contributed by atoms with Crippen LogP contribution in [0.5, 0.6) is 0 Å². The zero-order valence-corrected chi connectivity index (χ0v) is 11.6. The fourth-order valence-electron chi connectivity index (χ4n) is 1.68. The summed E-state index contributed by atoms with van der Waals surface area (Å²) in [5.74, 6) is 0.258. The first-order chi connectivity index (χ1) is 8.63. The molecule has 0 saturated heterocycles. The summed E-state index contributed by atoms with van der Waals surface area (Å²) in [5.41, 5.74) is 0.999. The number of halogens is 2. The van der Waals surface area contributed by atoms with E-state index in [2.05, 4.69) is 31.1 Å². The molecule has 18 heavy (non-hydrogen) atoms. The highest BCUT2D eigenvalue weighted by Gasteiger charge is 2.19. The Hall–Kier alpha value is -1.65. The lowest BCUT2D eigenvalue weighted by molar-refractivity contribution is 0.319. The van der Waals surface area contributed by atoms with E-state index in [4.69, 9.17) is 22.1 Å². The van der Waals surface area contributed by atoms with Gasteiger partial charge in [0.25, 0.3) is 0 Å². The van der Waals surface area contributed by atoms with Gasteiger partial charge in [-0.3, -0.25) is 0 Å². The molecule has 2 aromatic heterocycles. The van der Waals surface area contributed by atoms with Crippen molar-refractivity contribution >= 4 is 44.3 Å². The first kappa shape index (κ1) is 12.8. The molecule has 92 valence electrons. The quantitative estimate of drug-likeness (QED) is 0.397. The van der Waals surface area contributed by atoms with Crippen molar-refractivity contribution in [3.63, 3.8) is 0 Å². The van der Waals surface area contributed by atoms with Crippen LogP contribution < -0.4 is 0 Å². The Morgan fingerprint density at radius 3 is 3.00 bits per heavy atom. The Kier molecular flexibility index (Phi) is 3.50. The minimum Gasteiger partial charge on any atom is -0.410 e. The van der Waals surface area contributed by atoms with E-state index >= 15 is 0 Å². The molecule has 0 saturated carbocycles. The van der Waals surface area contributed by atoms with Crippen molar-refractivity contribution in [1.29, 1.82) is 5.26 Å². The number of nitrogens with zero attached hydrogens (tertiary/aromatic N) is 5. The number of nitriles is 1. The second-order valence-electron chi connectivity index (χ2n) is 3.33. The van der Waals surface area contributed by atoms with Crippen molar-refractivity contribution in [2.75, 3.05) is 0 Å². The smallest absolute Gasteiger partial charge is 0.222 e. The molecule has 0 aliphatic carbocycles. The second-order valence-corrected chi connectivity index (χ2v) is 4.55. The lowest BCUT2D eigenvalue weighted by Gasteiger charge is -2.04. The van der Waals surface area contributed by atoms with Gasteiger partial charge in [0.1, 0.15) is 11.6 Å². The molecule has 2 aromatic rings. The first-order valence-corrected chi connectivity index (χ1v) is 6.13. The van der Waals surface area contributed by atoms with Crippen molar-refractivity contribution in [1.82, 2.24) is 14.5 Å². The van der Waals surface area contributed by atoms with Crippen LogP contribution in [0.15, 0.2) is 15.8 Å². The molecule has 0 amide bonds. The van der Waals surface area contributed by atoms with Gasteiger partial charge in [-0.2, -0.15) is 5.26 Å². The first-order valence-electron chi connectivity index (χ1n) is 4.96. The summed E-state index contributed by atoms with van der Waals surface area (Å²) < 4.78 is 2.43. The van der Waals surface area contributed by atoms with Crippen LogP contribution in [0.4, 0.5) is 0 Å². The Labute approximate surface area is 116 Å². The van der Waals surface area contributed by atoms with Crippen LogP contribution in [0.3, 0.4) is 0 Å². The zero-order chi connectivity index (χ0) is 13.3. The van der Waals surface area contributed by atoms with Crippen molar-refractivity contribution in [2.45, 2.75) is 13.5 Å². The van der Waals surface area contributed by atoms with Gasteiger partial charge in [-0.05, 0) is 22.9 Å². The number of hydrogen-bond donors (Lipinski definition) is 1. The fraction of sp³-hybridized carbons (Fsp3) is 0.200. The molecule has 0 bridgehead atoms. The second kappa shape index (κ2) is 4.92. The monoisotopic (exact) mass is 327 g/mol. The predicted molar refractivity (Wildman–Crippen MR) is 69.8 cm³/mol. The number of aromatic nitrogens is 3. The summed E-state index contributed by atoms with van der Waals surface area (Å²) in [6, 6.07) is 1.78. The minimum absolute atomic E-state index is 0.170. The Balaban J connectivity index is 2.90. The third kappa shape index (κ3) is 1.83. The summed E-state index contributed by atoms with van der Waals surface area (Å²) in [7, 11) is 0. The minimum atomic E-state index is -0.170. The average Bonchev–Trinajstić information content (AvgIpc) is 2.76. The van der Waals surface area contributed by atoms with Gasteiger partial charge in [-0.15, -0.1) is 0 Å². The van der Waals surface area contributed by atoms with Crippen LogP contribution in [0.1, 0.15) is 12.7 Å². The third-order valence-corrected chi connectivity index (χ3v) is 3.27. The molecule has 0 unspecified atom stereocenters. The lowest BCUT2D eigenvalue weighted by atomic mass is 10.4. The Morgan fingerprint density at radius 1 is 1.72 bits per heavy atom. The van der Waals surface area contributed by atoms with Crippen LogP contribution in [0.2, 0.25) is 5.15 Å². The average molecular weight is 329 g/mol. The van der Waals surface area contributed by atoms with Gasteiger partial charge in [0.15, 0.2) is 11.0 Å². The molecule has 1 N–H and O–H groups in total. The molecule has 0 radical (unpaired) electrons. The van der Waals surface area contributed by atoms with E-state index in [1.165, 1.54) is 0 Å². The van der Waals surface area contributed by atoms with E-state index in [0.717, 1.165) is 0 Å². The highest BCUT2D eigenvalue weighted by Crippen LogP contribution is 2.28. The van der Waals surface area contributed by atoms with Gasteiger partial charge >= 0.3 is 0 Å². The normalized spacial score (nSPS) is 11.8. The summed E-state index contributed by atoms with van der Waals surface area (Å²) >= 11 is 9.33. The van der Waals surface area contributed by atoms with Gasteiger partial charge < -0.3 is 9.77 Å². The maximum absolute atomic E-state index is 8.91. The molecule has 0 atom stereocenters. The Morgan fingerprint density at radius 2 is 2.44 bits per heavy atom. The molecule has 0 aliphatic rings. The topological polar surface area (TPSA) is 87.1 Å². The highest BCUT2D eigenvalue weighted by atomic mass is 79.9. The van der Waals surface area contributed by atoms with Crippen LogP contribution in [0.25, 0.3) is 11.0 Å². The van der Waals surface area contributed by atoms with E-state index in [-0.39, 0.29) is 16.7 Å². The summed E-state index contributed by atoms with van der Waals surface area (Å²) in [6.07, 6.45) is 1.56. The van der Waals surface area contributed by atoms with E-state index in [9.17, 15) is 0 Å². The predicted octanol–water partition coefficient (Wildman–Crippen LogP) is 2.57. The number of pyridine rings is 1. The summed E-state index contributed by atoms with van der Waals surface area (Å²) in [4.78, 5) is 8.18. The molecule has 0 aliphatic heterocycles. The molecule has 0 aromatic carbocycles. The molecule has 8 heteroatoms. The van der Waals surface area contributed by atoms with Gasteiger partial charge in [0, 0.05) is 12.7 Å². The van der Waals surface area contributed by atoms with Crippen molar-refractivity contribution < 1.29 is 5.21 Å². The zero-order valence-electron chi connectivity index (χ0n) is 9.22. The maximum Gasteiger partial charge on any atom is 0.222 e. The van der Waals surface area contributed by atoms with E-state index in [1.807, 2.05) is 6.92 Å². The number of fused-ring (bicyclic) bond motifs is 1. The van der Waals surface area contributed by atoms with Gasteiger partial charge in [-0.25, -0.2) is 9.97 Å². The number of oxime groups is 1. The van der Waals surface area contributed by atoms with Gasteiger partial charge in [-0.1, -0.05) is 16.8 Å². The molecule has 0 fully saturated rings. The van der Waals surface area contributed by atoms with Crippen molar-refractivity contribution in [3.05, 3.63) is 21.6 Å². The maximum atomic E-state index is 8.91. The van der Waals surface area contributed by atoms with E-state index in [0.29, 0.717) is 22.1 Å². The van der Waals surface area contributed by atoms with Crippen LogP contribution >= 0.6 is 27.5 Å².